The first kappa shape index (κ1) is 16.7. The van der Waals surface area contributed by atoms with Crippen LogP contribution in [0.2, 0.25) is 5.02 Å². The Morgan fingerprint density at radius 2 is 2.17 bits per heavy atom. The molecule has 1 fully saturated rings. The summed E-state index contributed by atoms with van der Waals surface area (Å²) in [6, 6.07) is 7.67. The number of hydrogen-bond donors (Lipinski definition) is 1. The molecule has 1 aliphatic rings. The van der Waals surface area contributed by atoms with Crippen molar-refractivity contribution in [3.05, 3.63) is 47.4 Å². The minimum Gasteiger partial charge on any atom is -0.485 e. The van der Waals surface area contributed by atoms with Crippen LogP contribution >= 0.6 is 23.8 Å². The smallest absolute Gasteiger partial charge is 0.213 e. The van der Waals surface area contributed by atoms with Crippen LogP contribution in [0.4, 0.5) is 10.1 Å². The van der Waals surface area contributed by atoms with Gasteiger partial charge in [-0.25, -0.2) is 9.37 Å². The first-order valence-corrected chi connectivity index (χ1v) is 8.01. The highest BCUT2D eigenvalue weighted by molar-refractivity contribution is 7.80. The number of pyridine rings is 1. The van der Waals surface area contributed by atoms with Gasteiger partial charge in [-0.05, 0) is 36.5 Å². The van der Waals surface area contributed by atoms with E-state index in [4.69, 9.17) is 33.3 Å². The van der Waals surface area contributed by atoms with Gasteiger partial charge in [-0.15, -0.1) is 0 Å². The number of anilines is 1. The molecule has 126 valence electrons. The van der Waals surface area contributed by atoms with Crippen molar-refractivity contribution >= 4 is 34.6 Å². The van der Waals surface area contributed by atoms with E-state index in [0.29, 0.717) is 29.8 Å². The van der Waals surface area contributed by atoms with E-state index in [9.17, 15) is 4.39 Å². The topological polar surface area (TPSA) is 46.6 Å². The Hall–Kier alpha value is -2.12. The van der Waals surface area contributed by atoms with E-state index in [2.05, 4.69) is 10.3 Å². The number of benzene rings is 1. The lowest BCUT2D eigenvalue weighted by molar-refractivity contribution is 0.0694. The molecule has 0 radical (unpaired) electrons. The lowest BCUT2D eigenvalue weighted by Crippen LogP contribution is -2.57. The number of hydrogen-bond acceptors (Lipinski definition) is 4. The quantitative estimate of drug-likeness (QED) is 0.836. The molecule has 0 spiro atoms. The van der Waals surface area contributed by atoms with E-state index in [0.717, 1.165) is 5.69 Å². The van der Waals surface area contributed by atoms with Crippen LogP contribution < -0.4 is 14.8 Å². The number of rotatable bonds is 4. The molecule has 2 aromatic rings. The third-order valence-electron chi connectivity index (χ3n) is 3.52. The molecule has 3 rings (SSSR count). The van der Waals surface area contributed by atoms with Crippen LogP contribution in [0.5, 0.6) is 11.6 Å². The second-order valence-corrected chi connectivity index (χ2v) is 6.03. The second kappa shape index (κ2) is 7.19. The Bertz CT molecular complexity index is 739. The zero-order chi connectivity index (χ0) is 17.1. The minimum absolute atomic E-state index is 0.0401. The van der Waals surface area contributed by atoms with Crippen molar-refractivity contribution in [1.29, 1.82) is 0 Å². The van der Waals surface area contributed by atoms with Crippen LogP contribution in [0.25, 0.3) is 0 Å². The lowest BCUT2D eigenvalue weighted by Gasteiger charge is -2.40. The number of thiocarbonyl (C=S) groups is 1. The predicted molar refractivity (Wildman–Crippen MR) is 94.4 cm³/mol. The highest BCUT2D eigenvalue weighted by atomic mass is 35.5. The molecule has 0 aliphatic carbocycles. The number of methoxy groups -OCH3 is 1. The molecule has 1 aliphatic heterocycles. The normalized spacial score (nSPS) is 14.0. The standard InChI is InChI=1S/C16H15ClFN3O2S/c1-22-15-5-3-11(7-19-15)20-16(24)21-8-12(9-21)23-14-4-2-10(18)6-13(14)17/h2-7,12H,8-9H2,1H3,(H,20,24). The Balaban J connectivity index is 1.49. The molecular formula is C16H15ClFN3O2S. The van der Waals surface area contributed by atoms with Crippen LogP contribution in [0.3, 0.4) is 0 Å². The zero-order valence-electron chi connectivity index (χ0n) is 12.8. The van der Waals surface area contributed by atoms with Crippen molar-refractivity contribution in [2.45, 2.75) is 6.10 Å². The molecule has 1 aromatic heterocycles. The number of halogens is 2. The highest BCUT2D eigenvalue weighted by Gasteiger charge is 2.30. The maximum absolute atomic E-state index is 13.0. The molecule has 0 saturated carbocycles. The van der Waals surface area contributed by atoms with E-state index >= 15 is 0 Å². The summed E-state index contributed by atoms with van der Waals surface area (Å²) in [6.45, 7) is 1.26. The van der Waals surface area contributed by atoms with Crippen molar-refractivity contribution in [2.24, 2.45) is 0 Å². The summed E-state index contributed by atoms with van der Waals surface area (Å²) >= 11 is 11.3. The van der Waals surface area contributed by atoms with Gasteiger partial charge in [-0.2, -0.15) is 0 Å². The molecule has 1 saturated heterocycles. The van der Waals surface area contributed by atoms with Crippen LogP contribution in [0.1, 0.15) is 0 Å². The number of nitrogens with one attached hydrogen (secondary N) is 1. The SMILES string of the molecule is COc1ccc(NC(=S)N2CC(Oc3ccc(F)cc3Cl)C2)cn1. The van der Waals surface area contributed by atoms with E-state index in [1.807, 2.05) is 11.0 Å². The number of aromatic nitrogens is 1. The highest BCUT2D eigenvalue weighted by Crippen LogP contribution is 2.28. The van der Waals surface area contributed by atoms with Gasteiger partial charge in [-0.1, -0.05) is 11.6 Å². The summed E-state index contributed by atoms with van der Waals surface area (Å²) in [4.78, 5) is 6.07. The number of ether oxygens (including phenoxy) is 2. The molecule has 2 heterocycles. The molecular weight excluding hydrogens is 353 g/mol. The average Bonchev–Trinajstić information content (AvgIpc) is 2.52. The molecule has 0 unspecified atom stereocenters. The van der Waals surface area contributed by atoms with Crippen molar-refractivity contribution in [3.8, 4) is 11.6 Å². The summed E-state index contributed by atoms with van der Waals surface area (Å²) in [5.41, 5.74) is 0.784. The van der Waals surface area contributed by atoms with Gasteiger partial charge in [0.1, 0.15) is 17.7 Å². The predicted octanol–water partition coefficient (Wildman–Crippen LogP) is 3.34. The fourth-order valence-electron chi connectivity index (χ4n) is 2.21. The third kappa shape index (κ3) is 3.85. The van der Waals surface area contributed by atoms with Crippen molar-refractivity contribution in [3.63, 3.8) is 0 Å². The Morgan fingerprint density at radius 3 is 2.79 bits per heavy atom. The van der Waals surface area contributed by atoms with E-state index in [1.54, 1.807) is 19.4 Å². The first-order valence-electron chi connectivity index (χ1n) is 7.23. The van der Waals surface area contributed by atoms with Crippen molar-refractivity contribution in [2.75, 3.05) is 25.5 Å². The van der Waals surface area contributed by atoms with Gasteiger partial charge >= 0.3 is 0 Å². The minimum atomic E-state index is -0.388. The van der Waals surface area contributed by atoms with Gasteiger partial charge in [0.25, 0.3) is 0 Å². The summed E-state index contributed by atoms with van der Waals surface area (Å²) in [5.74, 6) is 0.627. The Kier molecular flexibility index (Phi) is 5.01. The second-order valence-electron chi connectivity index (χ2n) is 5.24. The Morgan fingerprint density at radius 1 is 1.38 bits per heavy atom. The fourth-order valence-corrected chi connectivity index (χ4v) is 2.69. The summed E-state index contributed by atoms with van der Waals surface area (Å²) in [7, 11) is 1.56. The van der Waals surface area contributed by atoms with Crippen LogP contribution in [-0.4, -0.2) is 41.3 Å². The van der Waals surface area contributed by atoms with Crippen LogP contribution in [-0.2, 0) is 0 Å². The van der Waals surface area contributed by atoms with Gasteiger partial charge in [0.05, 0.1) is 37.1 Å². The summed E-state index contributed by atoms with van der Waals surface area (Å²) < 4.78 is 23.8. The molecule has 1 N–H and O–H groups in total. The molecule has 1 aromatic carbocycles. The third-order valence-corrected chi connectivity index (χ3v) is 4.18. The maximum Gasteiger partial charge on any atom is 0.213 e. The zero-order valence-corrected chi connectivity index (χ0v) is 14.4. The molecule has 0 amide bonds. The molecule has 0 atom stereocenters. The molecule has 24 heavy (non-hydrogen) atoms. The molecule has 8 heteroatoms. The van der Waals surface area contributed by atoms with Gasteiger partial charge < -0.3 is 19.7 Å². The Labute approximate surface area is 149 Å². The van der Waals surface area contributed by atoms with Crippen LogP contribution in [0.15, 0.2) is 36.5 Å². The first-order chi connectivity index (χ1) is 11.5. The van der Waals surface area contributed by atoms with E-state index < -0.39 is 0 Å². The summed E-state index contributed by atoms with van der Waals surface area (Å²) in [6.07, 6.45) is 1.61. The fraction of sp³-hybridized carbons (Fsp3) is 0.250. The van der Waals surface area contributed by atoms with Crippen molar-refractivity contribution in [1.82, 2.24) is 9.88 Å². The van der Waals surface area contributed by atoms with Gasteiger partial charge in [0, 0.05) is 6.07 Å². The lowest BCUT2D eigenvalue weighted by atomic mass is 10.2. The van der Waals surface area contributed by atoms with Crippen LogP contribution in [0, 0.1) is 5.82 Å². The monoisotopic (exact) mass is 367 g/mol. The largest absolute Gasteiger partial charge is 0.485 e. The van der Waals surface area contributed by atoms with Gasteiger partial charge in [0.15, 0.2) is 5.11 Å². The summed E-state index contributed by atoms with van der Waals surface area (Å²) in [5, 5.41) is 3.96. The number of nitrogens with zero attached hydrogens (tertiary/aromatic N) is 2. The number of likely N-dealkylation sites (tertiary alicyclic amines) is 1. The molecule has 0 bridgehead atoms. The van der Waals surface area contributed by atoms with Gasteiger partial charge in [-0.3, -0.25) is 0 Å². The van der Waals surface area contributed by atoms with Crippen molar-refractivity contribution < 1.29 is 13.9 Å². The molecule has 5 nitrogen and oxygen atoms in total. The average molecular weight is 368 g/mol. The maximum atomic E-state index is 13.0. The van der Waals surface area contributed by atoms with E-state index in [1.165, 1.54) is 18.2 Å². The van der Waals surface area contributed by atoms with Gasteiger partial charge in [0.2, 0.25) is 5.88 Å². The van der Waals surface area contributed by atoms with E-state index in [-0.39, 0.29) is 16.9 Å².